The molecule has 186 valence electrons. The van der Waals surface area contributed by atoms with Crippen molar-refractivity contribution in [3.63, 3.8) is 0 Å². The van der Waals surface area contributed by atoms with Crippen LogP contribution < -0.4 is 5.32 Å². The predicted molar refractivity (Wildman–Crippen MR) is 133 cm³/mol. The highest BCUT2D eigenvalue weighted by Crippen LogP contribution is 2.44. The van der Waals surface area contributed by atoms with Crippen LogP contribution in [-0.2, 0) is 14.3 Å². The maximum absolute atomic E-state index is 13.1. The van der Waals surface area contributed by atoms with E-state index in [4.69, 9.17) is 4.74 Å². The maximum atomic E-state index is 13.1. The largest absolute Gasteiger partial charge is 0.480 e. The van der Waals surface area contributed by atoms with Gasteiger partial charge in [-0.3, -0.25) is 4.79 Å². The summed E-state index contributed by atoms with van der Waals surface area (Å²) in [6.07, 6.45) is 1.45. The quantitative estimate of drug-likeness (QED) is 0.596. The molecule has 1 aliphatic carbocycles. The number of nitrogens with zero attached hydrogens (tertiary/aromatic N) is 1. The molecule has 2 atom stereocenters. The first-order valence-corrected chi connectivity index (χ1v) is 12.4. The van der Waals surface area contributed by atoms with Crippen LogP contribution in [0, 0.1) is 5.92 Å². The molecule has 0 aromatic heterocycles. The number of aliphatic carboxylic acids is 1. The molecule has 1 saturated heterocycles. The molecule has 1 fully saturated rings. The van der Waals surface area contributed by atoms with Crippen molar-refractivity contribution in [2.75, 3.05) is 13.2 Å². The normalized spacial score (nSPS) is 20.2. The van der Waals surface area contributed by atoms with Crippen LogP contribution in [0.25, 0.3) is 11.1 Å². The molecular formula is C28H34N2O5. The number of benzene rings is 2. The van der Waals surface area contributed by atoms with E-state index in [-0.39, 0.29) is 30.8 Å². The van der Waals surface area contributed by atoms with Gasteiger partial charge in [-0.1, -0.05) is 62.4 Å². The molecule has 1 aliphatic heterocycles. The molecule has 2 aromatic rings. The fourth-order valence-corrected chi connectivity index (χ4v) is 5.29. The minimum absolute atomic E-state index is 0.0275. The summed E-state index contributed by atoms with van der Waals surface area (Å²) in [5, 5.41) is 12.6. The summed E-state index contributed by atoms with van der Waals surface area (Å²) in [6.45, 7) is 6.07. The smallest absolute Gasteiger partial charge is 0.407 e. The van der Waals surface area contributed by atoms with Gasteiger partial charge in [0.15, 0.2) is 0 Å². The number of nitrogens with one attached hydrogen (secondary N) is 1. The molecule has 1 heterocycles. The van der Waals surface area contributed by atoms with E-state index in [0.717, 1.165) is 35.1 Å². The molecule has 7 nitrogen and oxygen atoms in total. The number of carbonyl (C=O) groups excluding carboxylic acids is 2. The summed E-state index contributed by atoms with van der Waals surface area (Å²) in [4.78, 5) is 39.3. The van der Waals surface area contributed by atoms with Crippen molar-refractivity contribution in [2.45, 2.75) is 64.0 Å². The molecule has 2 aromatic carbocycles. The number of amides is 2. The second-order valence-electron chi connectivity index (χ2n) is 10.1. The fraction of sp³-hybridized carbons (Fsp3) is 0.464. The van der Waals surface area contributed by atoms with Gasteiger partial charge in [0.25, 0.3) is 0 Å². The van der Waals surface area contributed by atoms with Gasteiger partial charge in [-0.2, -0.15) is 0 Å². The molecular weight excluding hydrogens is 444 g/mol. The molecule has 0 bridgehead atoms. The van der Waals surface area contributed by atoms with E-state index >= 15 is 0 Å². The summed E-state index contributed by atoms with van der Waals surface area (Å²) in [7, 11) is 0. The molecule has 1 unspecified atom stereocenters. The van der Waals surface area contributed by atoms with Crippen molar-refractivity contribution in [2.24, 2.45) is 5.92 Å². The lowest BCUT2D eigenvalue weighted by Gasteiger charge is -2.42. The van der Waals surface area contributed by atoms with E-state index in [1.807, 2.05) is 38.1 Å². The van der Waals surface area contributed by atoms with E-state index in [1.165, 1.54) is 4.90 Å². The zero-order valence-corrected chi connectivity index (χ0v) is 20.6. The van der Waals surface area contributed by atoms with Crippen molar-refractivity contribution in [3.8, 4) is 11.1 Å². The second kappa shape index (κ2) is 10.1. The molecule has 0 saturated carbocycles. The Morgan fingerprint density at radius 1 is 1.06 bits per heavy atom. The second-order valence-corrected chi connectivity index (χ2v) is 10.1. The van der Waals surface area contributed by atoms with Crippen molar-refractivity contribution in [3.05, 3.63) is 59.7 Å². The highest BCUT2D eigenvalue weighted by Gasteiger charge is 2.44. The third-order valence-corrected chi connectivity index (χ3v) is 7.50. The summed E-state index contributed by atoms with van der Waals surface area (Å²) in [6, 6.07) is 15.8. The number of hydrogen-bond donors (Lipinski definition) is 2. The van der Waals surface area contributed by atoms with Gasteiger partial charge in [-0.25, -0.2) is 9.59 Å². The lowest BCUT2D eigenvalue weighted by Crippen LogP contribution is -2.58. The number of carboxylic acids is 1. The number of ether oxygens (including phenoxy) is 1. The van der Waals surface area contributed by atoms with Gasteiger partial charge in [-0.15, -0.1) is 0 Å². The highest BCUT2D eigenvalue weighted by atomic mass is 16.5. The van der Waals surface area contributed by atoms with Crippen LogP contribution in [0.4, 0.5) is 4.79 Å². The van der Waals surface area contributed by atoms with E-state index in [2.05, 4.69) is 29.6 Å². The lowest BCUT2D eigenvalue weighted by molar-refractivity contribution is -0.161. The fourth-order valence-electron chi connectivity index (χ4n) is 5.29. The number of carboxylic acid groups (broad SMARTS) is 1. The Hall–Kier alpha value is -3.35. The molecule has 4 rings (SSSR count). The minimum atomic E-state index is -1.21. The van der Waals surface area contributed by atoms with Crippen LogP contribution in [0.2, 0.25) is 0 Å². The molecule has 35 heavy (non-hydrogen) atoms. The van der Waals surface area contributed by atoms with Crippen molar-refractivity contribution < 1.29 is 24.2 Å². The van der Waals surface area contributed by atoms with Gasteiger partial charge < -0.3 is 20.1 Å². The van der Waals surface area contributed by atoms with Crippen LogP contribution in [0.1, 0.15) is 63.5 Å². The summed E-state index contributed by atoms with van der Waals surface area (Å²) < 4.78 is 5.66. The van der Waals surface area contributed by atoms with Crippen LogP contribution >= 0.6 is 0 Å². The first-order valence-electron chi connectivity index (χ1n) is 12.4. The number of carbonyl (C=O) groups is 3. The van der Waals surface area contributed by atoms with Gasteiger partial charge in [-0.05, 0) is 54.4 Å². The van der Waals surface area contributed by atoms with Crippen molar-refractivity contribution >= 4 is 18.0 Å². The average Bonchev–Trinajstić information content (AvgIpc) is 3.16. The van der Waals surface area contributed by atoms with Gasteiger partial charge in [0.1, 0.15) is 12.1 Å². The van der Waals surface area contributed by atoms with E-state index < -0.39 is 23.6 Å². The summed E-state index contributed by atoms with van der Waals surface area (Å²) >= 11 is 0. The number of piperidine rings is 1. The molecule has 2 N–H and O–H groups in total. The zero-order valence-electron chi connectivity index (χ0n) is 20.6. The van der Waals surface area contributed by atoms with Crippen LogP contribution in [0.15, 0.2) is 48.5 Å². The van der Waals surface area contributed by atoms with Crippen LogP contribution in [-0.4, -0.2) is 52.7 Å². The standard InChI is InChI=1S/C28H34N2O5/c1-18(2)24(16-25(31)30-15-9-8-14-28(30,3)26(32)33)29-27(34)35-17-23-21-12-6-4-10-19(21)20-11-5-7-13-22(20)23/h4-7,10-13,18,23-24H,8-9,14-17H2,1-3H3,(H,29,34)(H,32,33)/t24-,28?/m1/s1. The SMILES string of the molecule is CC(C)[C@@H](CC(=O)N1CCCCC1(C)C(=O)O)NC(=O)OCC1c2ccccc2-c2ccccc21. The third-order valence-electron chi connectivity index (χ3n) is 7.50. The Balaban J connectivity index is 1.40. The molecule has 0 radical (unpaired) electrons. The summed E-state index contributed by atoms with van der Waals surface area (Å²) in [5.74, 6) is -1.32. The van der Waals surface area contributed by atoms with Crippen LogP contribution in [0.3, 0.4) is 0 Å². The highest BCUT2D eigenvalue weighted by molar-refractivity contribution is 5.87. The molecule has 0 spiro atoms. The topological polar surface area (TPSA) is 95.9 Å². The Morgan fingerprint density at radius 2 is 1.66 bits per heavy atom. The minimum Gasteiger partial charge on any atom is -0.480 e. The Kier molecular flexibility index (Phi) is 7.15. The first kappa shape index (κ1) is 24.8. The Bertz CT molecular complexity index is 1070. The average molecular weight is 479 g/mol. The van der Waals surface area contributed by atoms with Gasteiger partial charge in [0.05, 0.1) is 0 Å². The van der Waals surface area contributed by atoms with Crippen molar-refractivity contribution in [1.82, 2.24) is 10.2 Å². The predicted octanol–water partition coefficient (Wildman–Crippen LogP) is 4.80. The summed E-state index contributed by atoms with van der Waals surface area (Å²) in [5.41, 5.74) is 3.38. The number of fused-ring (bicyclic) bond motifs is 3. The number of rotatable bonds is 7. The molecule has 7 heteroatoms. The zero-order chi connectivity index (χ0) is 25.2. The Labute approximate surface area is 206 Å². The molecule has 2 amide bonds. The van der Waals surface area contributed by atoms with Crippen molar-refractivity contribution in [1.29, 1.82) is 0 Å². The number of likely N-dealkylation sites (tertiary alicyclic amines) is 1. The first-order chi connectivity index (χ1) is 16.7. The molecule has 2 aliphatic rings. The van der Waals surface area contributed by atoms with Gasteiger partial charge in [0.2, 0.25) is 5.91 Å². The maximum Gasteiger partial charge on any atom is 0.407 e. The van der Waals surface area contributed by atoms with Gasteiger partial charge in [0, 0.05) is 24.9 Å². The van der Waals surface area contributed by atoms with E-state index in [0.29, 0.717) is 13.0 Å². The number of alkyl carbamates (subject to hydrolysis) is 1. The third kappa shape index (κ3) is 4.90. The van der Waals surface area contributed by atoms with Crippen LogP contribution in [0.5, 0.6) is 0 Å². The van der Waals surface area contributed by atoms with Gasteiger partial charge >= 0.3 is 12.1 Å². The van der Waals surface area contributed by atoms with E-state index in [9.17, 15) is 19.5 Å². The van der Waals surface area contributed by atoms with E-state index in [1.54, 1.807) is 6.92 Å². The monoisotopic (exact) mass is 478 g/mol. The Morgan fingerprint density at radius 3 is 2.23 bits per heavy atom. The number of hydrogen-bond acceptors (Lipinski definition) is 4. The lowest BCUT2D eigenvalue weighted by atomic mass is 9.87.